The van der Waals surface area contributed by atoms with Gasteiger partial charge in [-0.3, -0.25) is 19.5 Å². The number of nitrogens with zero attached hydrogens (tertiary/aromatic N) is 3. The average molecular weight is 380 g/mol. The zero-order chi connectivity index (χ0) is 20.0. The van der Waals surface area contributed by atoms with Crippen molar-refractivity contribution in [1.29, 1.82) is 0 Å². The minimum absolute atomic E-state index is 0.0617. The second-order valence-electron chi connectivity index (χ2n) is 6.49. The molecule has 1 aliphatic rings. The standard InChI is InChI=1S/C19H16N4O5/c1-10-12(11(2)22-15(20-10)9-16(24)21-22)7-8-17(25)28-23-18(26)13-5-3-4-6-14(13)19(23)27/h3-6,9H,7-8H2,1-2H3,(H,21,24). The third-order valence-electron chi connectivity index (χ3n) is 4.73. The summed E-state index contributed by atoms with van der Waals surface area (Å²) < 4.78 is 1.56. The predicted molar refractivity (Wildman–Crippen MR) is 96.6 cm³/mol. The quantitative estimate of drug-likeness (QED) is 0.683. The van der Waals surface area contributed by atoms with Crippen molar-refractivity contribution >= 4 is 23.4 Å². The van der Waals surface area contributed by atoms with Gasteiger partial charge >= 0.3 is 5.97 Å². The number of benzene rings is 1. The lowest BCUT2D eigenvalue weighted by Gasteiger charge is -2.14. The van der Waals surface area contributed by atoms with Crippen LogP contribution in [-0.2, 0) is 16.1 Å². The average Bonchev–Trinajstić information content (AvgIpc) is 3.15. The van der Waals surface area contributed by atoms with Crippen LogP contribution in [0, 0.1) is 13.8 Å². The molecule has 3 heterocycles. The number of carbonyl (C=O) groups is 3. The second kappa shape index (κ2) is 6.45. The van der Waals surface area contributed by atoms with E-state index in [1.165, 1.54) is 18.2 Å². The monoisotopic (exact) mass is 380 g/mol. The van der Waals surface area contributed by atoms with Crippen LogP contribution in [0.2, 0.25) is 0 Å². The molecular weight excluding hydrogens is 364 g/mol. The number of aryl methyl sites for hydroxylation is 2. The van der Waals surface area contributed by atoms with Crippen molar-refractivity contribution < 1.29 is 19.2 Å². The molecule has 0 fully saturated rings. The Kier molecular flexibility index (Phi) is 4.07. The highest BCUT2D eigenvalue weighted by Crippen LogP contribution is 2.23. The Morgan fingerprint density at radius 3 is 2.39 bits per heavy atom. The van der Waals surface area contributed by atoms with Crippen LogP contribution < -0.4 is 5.56 Å². The van der Waals surface area contributed by atoms with Crippen molar-refractivity contribution in [2.24, 2.45) is 0 Å². The fraction of sp³-hybridized carbons (Fsp3) is 0.211. The highest BCUT2D eigenvalue weighted by molar-refractivity contribution is 6.20. The van der Waals surface area contributed by atoms with E-state index in [4.69, 9.17) is 4.84 Å². The summed E-state index contributed by atoms with van der Waals surface area (Å²) >= 11 is 0. The normalized spacial score (nSPS) is 13.3. The fourth-order valence-electron chi connectivity index (χ4n) is 3.34. The summed E-state index contributed by atoms with van der Waals surface area (Å²) in [6.07, 6.45) is 0.219. The van der Waals surface area contributed by atoms with E-state index in [0.717, 1.165) is 11.3 Å². The molecule has 0 radical (unpaired) electrons. The van der Waals surface area contributed by atoms with Gasteiger partial charge in [-0.15, -0.1) is 0 Å². The Morgan fingerprint density at radius 2 is 1.75 bits per heavy atom. The summed E-state index contributed by atoms with van der Waals surface area (Å²) in [7, 11) is 0. The largest absolute Gasteiger partial charge is 0.333 e. The second-order valence-corrected chi connectivity index (χ2v) is 6.49. The number of rotatable bonds is 4. The van der Waals surface area contributed by atoms with Gasteiger partial charge in [0.2, 0.25) is 0 Å². The van der Waals surface area contributed by atoms with Gasteiger partial charge in [0.15, 0.2) is 5.65 Å². The summed E-state index contributed by atoms with van der Waals surface area (Å²) in [5, 5.41) is 3.14. The summed E-state index contributed by atoms with van der Waals surface area (Å²) in [5.74, 6) is -2.03. The van der Waals surface area contributed by atoms with Gasteiger partial charge in [0.1, 0.15) is 0 Å². The number of fused-ring (bicyclic) bond motifs is 2. The molecule has 1 aliphatic heterocycles. The highest BCUT2D eigenvalue weighted by atomic mass is 16.7. The molecule has 0 spiro atoms. The van der Waals surface area contributed by atoms with Crippen LogP contribution >= 0.6 is 0 Å². The fourth-order valence-corrected chi connectivity index (χ4v) is 3.34. The molecule has 0 aliphatic carbocycles. The van der Waals surface area contributed by atoms with Gasteiger partial charge < -0.3 is 4.84 Å². The highest BCUT2D eigenvalue weighted by Gasteiger charge is 2.38. The molecule has 28 heavy (non-hydrogen) atoms. The molecule has 1 N–H and O–H groups in total. The third-order valence-corrected chi connectivity index (χ3v) is 4.73. The number of H-pyrrole nitrogens is 1. The number of carbonyl (C=O) groups excluding carboxylic acids is 3. The molecule has 1 aromatic carbocycles. The van der Waals surface area contributed by atoms with Crippen LogP contribution in [0.25, 0.3) is 5.65 Å². The number of hydroxylamine groups is 2. The summed E-state index contributed by atoms with van der Waals surface area (Å²) in [5.41, 5.74) is 2.85. The number of amides is 2. The lowest BCUT2D eigenvalue weighted by molar-refractivity contribution is -0.168. The van der Waals surface area contributed by atoms with E-state index >= 15 is 0 Å². The van der Waals surface area contributed by atoms with Gasteiger partial charge in [-0.05, 0) is 38.0 Å². The Hall–Kier alpha value is -3.75. The molecule has 3 aromatic rings. The lowest BCUT2D eigenvalue weighted by atomic mass is 10.1. The van der Waals surface area contributed by atoms with Gasteiger partial charge in [-0.2, -0.15) is 0 Å². The summed E-state index contributed by atoms with van der Waals surface area (Å²) in [4.78, 5) is 57.7. The summed E-state index contributed by atoms with van der Waals surface area (Å²) in [6, 6.07) is 7.68. The van der Waals surface area contributed by atoms with E-state index in [2.05, 4.69) is 10.1 Å². The van der Waals surface area contributed by atoms with Crippen LogP contribution in [0.1, 0.15) is 44.1 Å². The lowest BCUT2D eigenvalue weighted by Crippen LogP contribution is -2.32. The zero-order valence-corrected chi connectivity index (χ0v) is 15.2. The molecule has 0 atom stereocenters. The number of aromatic amines is 1. The number of imide groups is 1. The molecule has 9 heteroatoms. The van der Waals surface area contributed by atoms with Gasteiger partial charge in [-0.1, -0.05) is 17.2 Å². The maximum absolute atomic E-state index is 12.3. The Morgan fingerprint density at radius 1 is 1.11 bits per heavy atom. The number of nitrogens with one attached hydrogen (secondary N) is 1. The molecule has 2 aromatic heterocycles. The van der Waals surface area contributed by atoms with Crippen molar-refractivity contribution in [3.05, 3.63) is 68.8 Å². The third kappa shape index (κ3) is 2.77. The molecule has 0 bridgehead atoms. The van der Waals surface area contributed by atoms with Gasteiger partial charge in [0.05, 0.1) is 17.5 Å². The molecule has 142 valence electrons. The van der Waals surface area contributed by atoms with Crippen LogP contribution in [0.5, 0.6) is 0 Å². The minimum Gasteiger partial charge on any atom is -0.330 e. The van der Waals surface area contributed by atoms with E-state index in [1.54, 1.807) is 23.6 Å². The first kappa shape index (κ1) is 17.7. The topological polar surface area (TPSA) is 114 Å². The smallest absolute Gasteiger partial charge is 0.330 e. The van der Waals surface area contributed by atoms with E-state index in [0.29, 0.717) is 16.4 Å². The molecule has 4 rings (SSSR count). The van der Waals surface area contributed by atoms with E-state index in [-0.39, 0.29) is 29.5 Å². The van der Waals surface area contributed by atoms with E-state index < -0.39 is 17.8 Å². The van der Waals surface area contributed by atoms with Crippen LogP contribution in [0.15, 0.2) is 35.1 Å². The molecule has 0 saturated carbocycles. The van der Waals surface area contributed by atoms with Gasteiger partial charge in [-0.25, -0.2) is 14.3 Å². The Labute approximate surface area is 158 Å². The minimum atomic E-state index is -0.714. The van der Waals surface area contributed by atoms with Crippen molar-refractivity contribution in [2.75, 3.05) is 0 Å². The van der Waals surface area contributed by atoms with Gasteiger partial charge in [0.25, 0.3) is 17.4 Å². The maximum atomic E-state index is 12.3. The first-order valence-electron chi connectivity index (χ1n) is 8.63. The Balaban J connectivity index is 1.49. The van der Waals surface area contributed by atoms with E-state index in [1.807, 2.05) is 6.92 Å². The number of aromatic nitrogens is 3. The predicted octanol–water partition coefficient (Wildman–Crippen LogP) is 1.33. The molecular formula is C19H16N4O5. The molecule has 2 amide bonds. The van der Waals surface area contributed by atoms with Crippen molar-refractivity contribution in [2.45, 2.75) is 26.7 Å². The van der Waals surface area contributed by atoms with Crippen molar-refractivity contribution in [1.82, 2.24) is 19.7 Å². The van der Waals surface area contributed by atoms with Crippen molar-refractivity contribution in [3.63, 3.8) is 0 Å². The molecule has 0 saturated heterocycles. The first-order chi connectivity index (χ1) is 13.4. The van der Waals surface area contributed by atoms with Crippen LogP contribution in [0.4, 0.5) is 0 Å². The zero-order valence-electron chi connectivity index (χ0n) is 15.2. The van der Waals surface area contributed by atoms with Crippen LogP contribution in [-0.4, -0.2) is 37.4 Å². The first-order valence-corrected chi connectivity index (χ1v) is 8.63. The van der Waals surface area contributed by atoms with E-state index in [9.17, 15) is 19.2 Å². The molecule has 9 nitrogen and oxygen atoms in total. The van der Waals surface area contributed by atoms with Crippen molar-refractivity contribution in [3.8, 4) is 0 Å². The molecule has 0 unspecified atom stereocenters. The number of hydrogen-bond donors (Lipinski definition) is 1. The SMILES string of the molecule is Cc1nc2cc(=O)[nH]n2c(C)c1CCC(=O)ON1C(=O)c2ccccc2C1=O. The van der Waals surface area contributed by atoms with Gasteiger partial charge in [0, 0.05) is 17.5 Å². The summed E-state index contributed by atoms with van der Waals surface area (Å²) in [6.45, 7) is 3.59. The number of hydrogen-bond acceptors (Lipinski definition) is 6. The maximum Gasteiger partial charge on any atom is 0.333 e. The Bertz CT molecular complexity index is 1170. The van der Waals surface area contributed by atoms with Crippen LogP contribution in [0.3, 0.4) is 0 Å².